The number of nitrogens with zero attached hydrogens (tertiary/aromatic N) is 4. The van der Waals surface area contributed by atoms with Gasteiger partial charge >= 0.3 is 6.18 Å². The Morgan fingerprint density at radius 3 is 2.64 bits per heavy atom. The van der Waals surface area contributed by atoms with Gasteiger partial charge < -0.3 is 20.4 Å². The van der Waals surface area contributed by atoms with E-state index in [1.165, 1.54) is 23.2 Å². The van der Waals surface area contributed by atoms with Crippen LogP contribution in [0, 0.1) is 17.2 Å². The molecule has 2 aliphatic heterocycles. The van der Waals surface area contributed by atoms with Crippen LogP contribution in [0.2, 0.25) is 0 Å². The Morgan fingerprint density at radius 1 is 1.19 bits per heavy atom. The second-order valence-electron chi connectivity index (χ2n) is 9.00. The highest BCUT2D eigenvalue weighted by Crippen LogP contribution is 2.38. The van der Waals surface area contributed by atoms with Crippen molar-refractivity contribution in [3.05, 3.63) is 52.4 Å². The molecule has 4 heterocycles. The zero-order valence-corrected chi connectivity index (χ0v) is 19.4. The second kappa shape index (κ2) is 9.93. The molecule has 2 aromatic heterocycles. The van der Waals surface area contributed by atoms with Gasteiger partial charge in [-0.2, -0.15) is 23.5 Å². The summed E-state index contributed by atoms with van der Waals surface area (Å²) >= 11 is 0. The van der Waals surface area contributed by atoms with Gasteiger partial charge in [-0.1, -0.05) is 12.1 Å². The van der Waals surface area contributed by atoms with E-state index in [-0.39, 0.29) is 28.9 Å². The van der Waals surface area contributed by atoms with Crippen molar-refractivity contribution in [3.8, 4) is 6.07 Å². The minimum atomic E-state index is -4.41. The fourth-order valence-corrected chi connectivity index (χ4v) is 4.99. The summed E-state index contributed by atoms with van der Waals surface area (Å²) in [6.45, 7) is 2.42. The molecule has 5 rings (SSSR count). The van der Waals surface area contributed by atoms with E-state index < -0.39 is 12.2 Å². The van der Waals surface area contributed by atoms with Gasteiger partial charge in [0.1, 0.15) is 11.4 Å². The molecule has 0 saturated carbocycles. The Bertz CT molecular complexity index is 1310. The van der Waals surface area contributed by atoms with Crippen LogP contribution in [0.5, 0.6) is 0 Å². The van der Waals surface area contributed by atoms with Crippen molar-refractivity contribution in [2.75, 3.05) is 44.7 Å². The van der Waals surface area contributed by atoms with Crippen molar-refractivity contribution >= 4 is 22.4 Å². The maximum atomic E-state index is 13.9. The Labute approximate surface area is 204 Å². The number of aromatic nitrogens is 3. The van der Waals surface area contributed by atoms with Crippen LogP contribution in [-0.2, 0) is 4.74 Å². The van der Waals surface area contributed by atoms with Gasteiger partial charge in [0, 0.05) is 44.7 Å². The predicted molar refractivity (Wildman–Crippen MR) is 127 cm³/mol. The molecule has 2 saturated heterocycles. The topological polar surface area (TPSA) is 111 Å². The number of aromatic amines is 1. The minimum absolute atomic E-state index is 0.152. The van der Waals surface area contributed by atoms with E-state index in [4.69, 9.17) is 4.74 Å². The lowest BCUT2D eigenvalue weighted by atomic mass is 9.96. The quantitative estimate of drug-likeness (QED) is 0.493. The van der Waals surface area contributed by atoms with Gasteiger partial charge in [-0.25, -0.2) is 0 Å². The smallest absolute Gasteiger partial charge is 0.379 e. The number of halogens is 3. The Balaban J connectivity index is 1.46. The first-order chi connectivity index (χ1) is 17.4. The van der Waals surface area contributed by atoms with Crippen LogP contribution in [0.1, 0.15) is 24.1 Å². The maximum absolute atomic E-state index is 13.9. The van der Waals surface area contributed by atoms with Crippen LogP contribution in [0.25, 0.3) is 10.9 Å². The van der Waals surface area contributed by atoms with Gasteiger partial charge in [0.05, 0.1) is 30.2 Å². The lowest BCUT2D eigenvalue weighted by molar-refractivity contribution is -0.187. The highest BCUT2D eigenvalue weighted by Gasteiger charge is 2.44. The number of benzene rings is 1. The summed E-state index contributed by atoms with van der Waals surface area (Å²) in [5, 5.41) is 20.7. The summed E-state index contributed by atoms with van der Waals surface area (Å²) in [6, 6.07) is 7.97. The highest BCUT2D eigenvalue weighted by atomic mass is 19.4. The molecule has 3 N–H and O–H groups in total. The third kappa shape index (κ3) is 4.69. The van der Waals surface area contributed by atoms with E-state index in [1.54, 1.807) is 22.9 Å². The van der Waals surface area contributed by atoms with E-state index in [9.17, 15) is 23.2 Å². The summed E-state index contributed by atoms with van der Waals surface area (Å²) < 4.78 is 49.0. The SMILES string of the molecule is N#C[C@H]1CCOC[C@@H]1n1nc(Nc2ccc([C@@H](N3CCNCC3)C(F)(F)F)cc2)c2c(=O)[nH]ccc21. The zero-order chi connectivity index (χ0) is 25.3. The van der Waals surface area contributed by atoms with Crippen molar-refractivity contribution in [2.45, 2.75) is 24.7 Å². The van der Waals surface area contributed by atoms with Crippen LogP contribution in [0.15, 0.2) is 41.3 Å². The molecule has 0 bridgehead atoms. The van der Waals surface area contributed by atoms with Crippen molar-refractivity contribution in [1.82, 2.24) is 25.0 Å². The number of hydrogen-bond acceptors (Lipinski definition) is 7. The van der Waals surface area contributed by atoms with Crippen LogP contribution in [-0.4, -0.2) is 65.2 Å². The molecule has 2 aliphatic rings. The average Bonchev–Trinajstić information content (AvgIpc) is 3.24. The third-order valence-electron chi connectivity index (χ3n) is 6.75. The normalized spacial score (nSPS) is 22.3. The van der Waals surface area contributed by atoms with Crippen molar-refractivity contribution in [3.63, 3.8) is 0 Å². The predicted octanol–water partition coefficient (Wildman–Crippen LogP) is 3.08. The summed E-state index contributed by atoms with van der Waals surface area (Å²) in [5.74, 6) is -0.0612. The number of nitriles is 1. The number of nitrogens with one attached hydrogen (secondary N) is 3. The standard InChI is InChI=1S/C24H26F3N7O2/c25-24(26,27)21(33-10-8-29-9-11-33)15-1-3-17(4-2-15)31-22-20-18(5-7-30-23(20)35)34(32-22)19-14-36-12-6-16(19)13-28/h1-5,7,16,19,21,29H,6,8-12,14H2,(H,30,35)(H,31,32)/t16-,19+,21-/m1/s1. The molecule has 12 heteroatoms. The molecule has 9 nitrogen and oxygen atoms in total. The van der Waals surface area contributed by atoms with E-state index >= 15 is 0 Å². The number of ether oxygens (including phenoxy) is 1. The largest absolute Gasteiger partial charge is 0.408 e. The van der Waals surface area contributed by atoms with E-state index in [1.807, 2.05) is 0 Å². The van der Waals surface area contributed by atoms with Gasteiger partial charge in [0.2, 0.25) is 0 Å². The van der Waals surface area contributed by atoms with E-state index in [0.29, 0.717) is 62.4 Å². The number of hydrogen-bond donors (Lipinski definition) is 3. The highest BCUT2D eigenvalue weighted by molar-refractivity contribution is 5.91. The first-order valence-electron chi connectivity index (χ1n) is 11.8. The van der Waals surface area contributed by atoms with Crippen LogP contribution in [0.3, 0.4) is 0 Å². The second-order valence-corrected chi connectivity index (χ2v) is 9.00. The number of pyridine rings is 1. The first-order valence-corrected chi connectivity index (χ1v) is 11.8. The summed E-state index contributed by atoms with van der Waals surface area (Å²) in [5.41, 5.74) is 0.828. The summed E-state index contributed by atoms with van der Waals surface area (Å²) in [6.07, 6.45) is -2.34. The third-order valence-corrected chi connectivity index (χ3v) is 6.75. The lowest BCUT2D eigenvalue weighted by Gasteiger charge is -2.36. The van der Waals surface area contributed by atoms with E-state index in [0.717, 1.165) is 0 Å². The molecule has 2 fully saturated rings. The molecule has 1 aromatic carbocycles. The fraction of sp³-hybridized carbons (Fsp3) is 0.458. The van der Waals surface area contributed by atoms with Crippen molar-refractivity contribution in [2.24, 2.45) is 5.92 Å². The molecule has 3 atom stereocenters. The molecule has 190 valence electrons. The van der Waals surface area contributed by atoms with Crippen LogP contribution < -0.4 is 16.2 Å². The van der Waals surface area contributed by atoms with Gasteiger partial charge in [-0.05, 0) is 30.2 Å². The number of piperazine rings is 1. The monoisotopic (exact) mass is 501 g/mol. The molecular formula is C24H26F3N7O2. The minimum Gasteiger partial charge on any atom is -0.379 e. The van der Waals surface area contributed by atoms with Gasteiger partial charge in [0.15, 0.2) is 5.82 Å². The number of H-pyrrole nitrogens is 1. The van der Waals surface area contributed by atoms with Crippen LogP contribution >= 0.6 is 0 Å². The number of anilines is 2. The number of alkyl halides is 3. The molecule has 0 aliphatic carbocycles. The lowest BCUT2D eigenvalue weighted by Crippen LogP contribution is -2.49. The molecule has 0 amide bonds. The molecule has 36 heavy (non-hydrogen) atoms. The molecular weight excluding hydrogens is 475 g/mol. The number of fused-ring (bicyclic) bond motifs is 1. The maximum Gasteiger partial charge on any atom is 0.408 e. The van der Waals surface area contributed by atoms with Crippen LogP contribution in [0.4, 0.5) is 24.7 Å². The fourth-order valence-electron chi connectivity index (χ4n) is 4.99. The number of rotatable bonds is 5. The van der Waals surface area contributed by atoms with Crippen molar-refractivity contribution in [1.29, 1.82) is 5.26 Å². The van der Waals surface area contributed by atoms with Gasteiger partial charge in [-0.15, -0.1) is 0 Å². The molecule has 0 spiro atoms. The van der Waals surface area contributed by atoms with Gasteiger partial charge in [0.25, 0.3) is 5.56 Å². The van der Waals surface area contributed by atoms with Crippen molar-refractivity contribution < 1.29 is 17.9 Å². The first kappa shape index (κ1) is 24.3. The zero-order valence-electron chi connectivity index (χ0n) is 19.4. The Hall–Kier alpha value is -3.40. The van der Waals surface area contributed by atoms with E-state index in [2.05, 4.69) is 26.8 Å². The molecule has 3 aromatic rings. The molecule has 0 radical (unpaired) electrons. The summed E-state index contributed by atoms with van der Waals surface area (Å²) in [4.78, 5) is 16.8. The Morgan fingerprint density at radius 2 is 1.94 bits per heavy atom. The average molecular weight is 502 g/mol. The summed E-state index contributed by atoms with van der Waals surface area (Å²) in [7, 11) is 0. The van der Waals surface area contributed by atoms with Gasteiger partial charge in [-0.3, -0.25) is 14.4 Å². The Kier molecular flexibility index (Phi) is 6.70. The molecule has 0 unspecified atom stereocenters.